The molecule has 0 radical (unpaired) electrons. The Labute approximate surface area is 185 Å². The molecule has 2 unspecified atom stereocenters. The van der Waals surface area contributed by atoms with E-state index in [-0.39, 0.29) is 42.9 Å². The summed E-state index contributed by atoms with van der Waals surface area (Å²) in [5.74, 6) is 0.346. The average molecular weight is 522 g/mol. The average Bonchev–Trinajstić information content (AvgIpc) is 3.14. The molecule has 0 aliphatic heterocycles. The van der Waals surface area contributed by atoms with Gasteiger partial charge in [0.25, 0.3) is 0 Å². The fraction of sp³-hybridized carbons (Fsp3) is 0.500. The lowest BCUT2D eigenvalue weighted by Crippen LogP contribution is -2.46. The number of hydrogen-bond acceptors (Lipinski definition) is 3. The molecule has 2 aromatic rings. The van der Waals surface area contributed by atoms with Crippen molar-refractivity contribution in [2.24, 2.45) is 10.9 Å². The molecule has 1 fully saturated rings. The van der Waals surface area contributed by atoms with E-state index < -0.39 is 12.1 Å². The Kier molecular flexibility index (Phi) is 8.35. The van der Waals surface area contributed by atoms with Crippen molar-refractivity contribution in [2.45, 2.75) is 51.4 Å². The molecular weight excluding hydrogens is 496 g/mol. The Bertz CT molecular complexity index is 805. The summed E-state index contributed by atoms with van der Waals surface area (Å²) in [6.45, 7) is 2.31. The number of nitrogens with one attached hydrogen (secondary N) is 2. The van der Waals surface area contributed by atoms with E-state index >= 15 is 0 Å². The lowest BCUT2D eigenvalue weighted by molar-refractivity contribution is -0.183. The Morgan fingerprint density at radius 3 is 2.62 bits per heavy atom. The number of halogens is 4. The van der Waals surface area contributed by atoms with Crippen molar-refractivity contribution in [1.82, 2.24) is 15.6 Å². The molecule has 160 valence electrons. The Hall–Kier alpha value is -1.78. The highest BCUT2D eigenvalue weighted by molar-refractivity contribution is 14.0. The SMILES string of the molecule is CN=C(NCc1ncc(-c2ccc(C)cc2)o1)NC1CCCC(C(F)(F)F)C1.I. The van der Waals surface area contributed by atoms with Gasteiger partial charge in [0, 0.05) is 18.7 Å². The van der Waals surface area contributed by atoms with Crippen LogP contribution in [0.1, 0.15) is 37.1 Å². The first-order valence-corrected chi connectivity index (χ1v) is 9.41. The summed E-state index contributed by atoms with van der Waals surface area (Å²) in [6, 6.07) is 7.68. The second-order valence-corrected chi connectivity index (χ2v) is 7.16. The molecule has 5 nitrogen and oxygen atoms in total. The maximum absolute atomic E-state index is 13.0. The molecule has 2 atom stereocenters. The molecule has 29 heavy (non-hydrogen) atoms. The zero-order valence-electron chi connectivity index (χ0n) is 16.4. The normalized spacial score (nSPS) is 20.1. The zero-order valence-corrected chi connectivity index (χ0v) is 18.8. The topological polar surface area (TPSA) is 62.5 Å². The predicted molar refractivity (Wildman–Crippen MR) is 117 cm³/mol. The molecule has 1 aliphatic rings. The van der Waals surface area contributed by atoms with E-state index in [0.717, 1.165) is 11.1 Å². The van der Waals surface area contributed by atoms with Gasteiger partial charge in [0.2, 0.25) is 5.89 Å². The van der Waals surface area contributed by atoms with Crippen LogP contribution < -0.4 is 10.6 Å². The second kappa shape index (κ2) is 10.3. The standard InChI is InChI=1S/C20H25F3N4O.HI/c1-13-6-8-14(9-7-13)17-11-25-18(28-17)12-26-19(24-2)27-16-5-3-4-15(10-16)20(21,22)23;/h6-9,11,15-16H,3-5,10,12H2,1-2H3,(H2,24,26,27);1H. The summed E-state index contributed by atoms with van der Waals surface area (Å²) in [6.07, 6.45) is -0.955. The largest absolute Gasteiger partial charge is 0.439 e. The Balaban J connectivity index is 0.00000300. The Morgan fingerprint density at radius 2 is 1.97 bits per heavy atom. The lowest BCUT2D eigenvalue weighted by atomic mass is 9.85. The fourth-order valence-electron chi connectivity index (χ4n) is 3.41. The van der Waals surface area contributed by atoms with Gasteiger partial charge in [0.05, 0.1) is 18.7 Å². The highest BCUT2D eigenvalue weighted by Gasteiger charge is 2.42. The van der Waals surface area contributed by atoms with Gasteiger partial charge < -0.3 is 15.1 Å². The van der Waals surface area contributed by atoms with Crippen molar-refractivity contribution in [3.63, 3.8) is 0 Å². The summed E-state index contributed by atoms with van der Waals surface area (Å²) in [7, 11) is 1.59. The van der Waals surface area contributed by atoms with Gasteiger partial charge in [0.15, 0.2) is 11.7 Å². The second-order valence-electron chi connectivity index (χ2n) is 7.16. The Morgan fingerprint density at radius 1 is 1.24 bits per heavy atom. The summed E-state index contributed by atoms with van der Waals surface area (Å²) in [5.41, 5.74) is 2.10. The molecule has 1 aliphatic carbocycles. The van der Waals surface area contributed by atoms with Crippen molar-refractivity contribution in [1.29, 1.82) is 0 Å². The third-order valence-corrected chi connectivity index (χ3v) is 5.00. The first kappa shape index (κ1) is 23.5. The number of aryl methyl sites for hydroxylation is 1. The highest BCUT2D eigenvalue weighted by atomic mass is 127. The number of rotatable bonds is 4. The summed E-state index contributed by atoms with van der Waals surface area (Å²) in [4.78, 5) is 8.35. The van der Waals surface area contributed by atoms with Gasteiger partial charge in [-0.1, -0.05) is 36.2 Å². The third kappa shape index (κ3) is 6.61. The van der Waals surface area contributed by atoms with E-state index in [2.05, 4.69) is 20.6 Å². The van der Waals surface area contributed by atoms with Gasteiger partial charge in [-0.2, -0.15) is 13.2 Å². The maximum atomic E-state index is 13.0. The zero-order chi connectivity index (χ0) is 20.1. The van der Waals surface area contributed by atoms with Crippen molar-refractivity contribution in [3.05, 3.63) is 41.9 Å². The van der Waals surface area contributed by atoms with Crippen LogP contribution in [0.4, 0.5) is 13.2 Å². The molecule has 0 bridgehead atoms. The van der Waals surface area contributed by atoms with Crippen LogP contribution in [0.25, 0.3) is 11.3 Å². The number of alkyl halides is 3. The summed E-state index contributed by atoms with van der Waals surface area (Å²) >= 11 is 0. The molecule has 1 aromatic carbocycles. The minimum Gasteiger partial charge on any atom is -0.439 e. The van der Waals surface area contributed by atoms with Crippen LogP contribution in [0.3, 0.4) is 0 Å². The van der Waals surface area contributed by atoms with E-state index in [1.54, 1.807) is 13.2 Å². The van der Waals surface area contributed by atoms with Gasteiger partial charge >= 0.3 is 6.18 Å². The smallest absolute Gasteiger partial charge is 0.391 e. The van der Waals surface area contributed by atoms with Crippen molar-refractivity contribution in [3.8, 4) is 11.3 Å². The molecule has 1 aromatic heterocycles. The number of aliphatic imine (C=N–C) groups is 1. The monoisotopic (exact) mass is 522 g/mol. The first-order valence-electron chi connectivity index (χ1n) is 9.41. The summed E-state index contributed by atoms with van der Waals surface area (Å²) in [5, 5.41) is 6.15. The number of oxazole rings is 1. The number of aromatic nitrogens is 1. The molecule has 9 heteroatoms. The van der Waals surface area contributed by atoms with Gasteiger partial charge in [-0.15, -0.1) is 24.0 Å². The number of nitrogens with zero attached hydrogens (tertiary/aromatic N) is 2. The van der Waals surface area contributed by atoms with E-state index in [4.69, 9.17) is 4.42 Å². The van der Waals surface area contributed by atoms with Crippen LogP contribution in [0.15, 0.2) is 39.9 Å². The van der Waals surface area contributed by atoms with E-state index in [1.807, 2.05) is 31.2 Å². The van der Waals surface area contributed by atoms with E-state index in [1.165, 1.54) is 0 Å². The van der Waals surface area contributed by atoms with Crippen molar-refractivity contribution in [2.75, 3.05) is 7.05 Å². The molecule has 1 saturated carbocycles. The van der Waals surface area contributed by atoms with Crippen molar-refractivity contribution < 1.29 is 17.6 Å². The molecule has 0 saturated heterocycles. The van der Waals surface area contributed by atoms with Crippen LogP contribution in [0.5, 0.6) is 0 Å². The highest BCUT2D eigenvalue weighted by Crippen LogP contribution is 2.37. The first-order chi connectivity index (χ1) is 13.3. The molecule has 1 heterocycles. The number of guanidine groups is 1. The predicted octanol–water partition coefficient (Wildman–Crippen LogP) is 5.05. The maximum Gasteiger partial charge on any atom is 0.391 e. The quantitative estimate of drug-likeness (QED) is 0.335. The van der Waals surface area contributed by atoms with Gasteiger partial charge in [-0.05, 0) is 26.2 Å². The van der Waals surface area contributed by atoms with E-state index in [9.17, 15) is 13.2 Å². The van der Waals surface area contributed by atoms with Gasteiger partial charge in [0.1, 0.15) is 0 Å². The minimum absolute atomic E-state index is 0. The van der Waals surface area contributed by atoms with Crippen LogP contribution in [0.2, 0.25) is 0 Å². The third-order valence-electron chi connectivity index (χ3n) is 5.00. The lowest BCUT2D eigenvalue weighted by Gasteiger charge is -2.31. The molecular formula is C20H26F3IN4O. The van der Waals surface area contributed by atoms with Gasteiger partial charge in [-0.3, -0.25) is 4.99 Å². The van der Waals surface area contributed by atoms with Gasteiger partial charge in [-0.25, -0.2) is 4.98 Å². The fourth-order valence-corrected chi connectivity index (χ4v) is 3.41. The number of hydrogen-bond donors (Lipinski definition) is 2. The summed E-state index contributed by atoms with van der Waals surface area (Å²) < 4.78 is 44.7. The molecule has 3 rings (SSSR count). The van der Waals surface area contributed by atoms with E-state index in [0.29, 0.717) is 37.0 Å². The van der Waals surface area contributed by atoms with Crippen LogP contribution in [-0.2, 0) is 6.54 Å². The van der Waals surface area contributed by atoms with Crippen molar-refractivity contribution >= 4 is 29.9 Å². The number of benzene rings is 1. The van der Waals surface area contributed by atoms with Crippen LogP contribution in [0, 0.1) is 12.8 Å². The minimum atomic E-state index is -4.14. The molecule has 2 N–H and O–H groups in total. The van der Waals surface area contributed by atoms with Crippen LogP contribution in [-0.4, -0.2) is 30.2 Å². The van der Waals surface area contributed by atoms with Crippen LogP contribution >= 0.6 is 24.0 Å². The molecule has 0 spiro atoms. The molecule has 0 amide bonds.